The van der Waals surface area contributed by atoms with Crippen LogP contribution in [0, 0.1) is 13.8 Å². The van der Waals surface area contributed by atoms with Crippen LogP contribution in [0.4, 0.5) is 0 Å². The number of benzene rings is 2. The van der Waals surface area contributed by atoms with Crippen LogP contribution < -0.4 is 0 Å². The van der Waals surface area contributed by atoms with E-state index in [4.69, 9.17) is 4.52 Å². The zero-order valence-corrected chi connectivity index (χ0v) is 17.1. The van der Waals surface area contributed by atoms with Crippen LogP contribution >= 0.6 is 0 Å². The lowest BCUT2D eigenvalue weighted by atomic mass is 10.1. The van der Waals surface area contributed by atoms with Crippen molar-refractivity contribution < 1.29 is 12.9 Å². The summed E-state index contributed by atoms with van der Waals surface area (Å²) in [4.78, 5) is 8.90. The third-order valence-corrected chi connectivity index (χ3v) is 6.39. The molecule has 2 heterocycles. The zero-order valence-electron chi connectivity index (χ0n) is 16.3. The zero-order chi connectivity index (χ0) is 20.6. The lowest BCUT2D eigenvalue weighted by Crippen LogP contribution is -2.26. The largest absolute Gasteiger partial charge is 0.338 e. The Bertz CT molecular complexity index is 1280. The van der Waals surface area contributed by atoms with E-state index in [0.29, 0.717) is 5.82 Å². The molecule has 0 aliphatic heterocycles. The molecule has 0 radical (unpaired) electrons. The predicted molar refractivity (Wildman–Crippen MR) is 110 cm³/mol. The Morgan fingerprint density at radius 2 is 1.62 bits per heavy atom. The third-order valence-electron chi connectivity index (χ3n) is 4.59. The van der Waals surface area contributed by atoms with E-state index < -0.39 is 10.0 Å². The molecule has 2 aromatic carbocycles. The molecular weight excluding hydrogens is 388 g/mol. The number of rotatable bonds is 5. The van der Waals surface area contributed by atoms with Crippen molar-refractivity contribution in [3.63, 3.8) is 0 Å². The van der Waals surface area contributed by atoms with Gasteiger partial charge < -0.3 is 4.52 Å². The molecule has 0 N–H and O–H groups in total. The van der Waals surface area contributed by atoms with Gasteiger partial charge in [0.15, 0.2) is 0 Å². The number of fused-ring (bicyclic) bond motifs is 1. The molecule has 0 bridgehead atoms. The Labute approximate surface area is 169 Å². The lowest BCUT2D eigenvalue weighted by molar-refractivity contribution is 0.337. The Morgan fingerprint density at radius 1 is 0.931 bits per heavy atom. The molecule has 148 valence electrons. The van der Waals surface area contributed by atoms with Gasteiger partial charge in [-0.1, -0.05) is 35.5 Å². The van der Waals surface area contributed by atoms with Crippen molar-refractivity contribution in [1.82, 2.24) is 19.4 Å². The first-order valence-electron chi connectivity index (χ1n) is 9.06. The molecule has 4 rings (SSSR count). The molecule has 0 amide bonds. The molecule has 7 nitrogen and oxygen atoms in total. The molecule has 0 spiro atoms. The summed E-state index contributed by atoms with van der Waals surface area (Å²) in [6.45, 7) is 3.76. The van der Waals surface area contributed by atoms with Crippen molar-refractivity contribution in [2.45, 2.75) is 25.3 Å². The van der Waals surface area contributed by atoms with E-state index in [1.54, 1.807) is 18.2 Å². The minimum Gasteiger partial charge on any atom is -0.338 e. The molecule has 29 heavy (non-hydrogen) atoms. The number of aryl methyl sites for hydroxylation is 2. The number of sulfonamides is 1. The quantitative estimate of drug-likeness (QED) is 0.500. The van der Waals surface area contributed by atoms with Crippen molar-refractivity contribution in [3.8, 4) is 11.4 Å². The van der Waals surface area contributed by atoms with E-state index in [1.807, 2.05) is 50.2 Å². The minimum atomic E-state index is -3.70. The standard InChI is InChI=1S/C21H20N4O3S/c1-14-10-18(11-15(2)22-14)21-23-20(28-24-21)13-25(3)29(26,27)19-9-8-16-6-4-5-7-17(16)12-19/h4-12H,13H2,1-3H3. The van der Waals surface area contributed by atoms with Crippen molar-refractivity contribution in [2.24, 2.45) is 0 Å². The first-order chi connectivity index (χ1) is 13.8. The summed E-state index contributed by atoms with van der Waals surface area (Å²) < 4.78 is 32.4. The summed E-state index contributed by atoms with van der Waals surface area (Å²) in [5.74, 6) is 0.629. The van der Waals surface area contributed by atoms with Crippen LogP contribution in [0.5, 0.6) is 0 Å². The molecule has 8 heteroatoms. The fraction of sp³-hybridized carbons (Fsp3) is 0.190. The van der Waals surface area contributed by atoms with Gasteiger partial charge in [0.2, 0.25) is 21.7 Å². The predicted octanol–water partition coefficient (Wildman–Crippen LogP) is 3.72. The molecule has 0 unspecified atom stereocenters. The monoisotopic (exact) mass is 408 g/mol. The number of hydrogen-bond acceptors (Lipinski definition) is 6. The highest BCUT2D eigenvalue weighted by Crippen LogP contribution is 2.23. The average molecular weight is 408 g/mol. The summed E-state index contributed by atoms with van der Waals surface area (Å²) in [7, 11) is -2.21. The van der Waals surface area contributed by atoms with Crippen LogP contribution in [0.15, 0.2) is 64.0 Å². The van der Waals surface area contributed by atoms with Gasteiger partial charge in [0.1, 0.15) is 0 Å². The first-order valence-corrected chi connectivity index (χ1v) is 10.5. The van der Waals surface area contributed by atoms with Gasteiger partial charge in [-0.3, -0.25) is 4.98 Å². The number of hydrogen-bond donors (Lipinski definition) is 0. The van der Waals surface area contributed by atoms with Crippen LogP contribution in [0.25, 0.3) is 22.2 Å². The van der Waals surface area contributed by atoms with E-state index in [1.165, 1.54) is 11.4 Å². The van der Waals surface area contributed by atoms with Crippen molar-refractivity contribution in [2.75, 3.05) is 7.05 Å². The first kappa shape index (κ1) is 19.2. The maximum atomic E-state index is 13.0. The highest BCUT2D eigenvalue weighted by molar-refractivity contribution is 7.89. The van der Waals surface area contributed by atoms with E-state index >= 15 is 0 Å². The molecule has 0 atom stereocenters. The fourth-order valence-electron chi connectivity index (χ4n) is 3.18. The smallest absolute Gasteiger partial charge is 0.243 e. The van der Waals surface area contributed by atoms with E-state index in [0.717, 1.165) is 27.7 Å². The van der Waals surface area contributed by atoms with E-state index in [2.05, 4.69) is 15.1 Å². The number of aromatic nitrogens is 3. The SMILES string of the molecule is Cc1cc(-c2noc(CN(C)S(=O)(=O)c3ccc4ccccc4c3)n2)cc(C)n1. The summed E-state index contributed by atoms with van der Waals surface area (Å²) >= 11 is 0. The number of nitrogens with zero attached hydrogens (tertiary/aromatic N) is 4. The third kappa shape index (κ3) is 3.90. The second-order valence-electron chi connectivity index (χ2n) is 6.92. The highest BCUT2D eigenvalue weighted by atomic mass is 32.2. The van der Waals surface area contributed by atoms with E-state index in [9.17, 15) is 8.42 Å². The number of pyridine rings is 1. The Balaban J connectivity index is 1.58. The molecule has 0 aliphatic rings. The average Bonchev–Trinajstić information content (AvgIpc) is 3.15. The van der Waals surface area contributed by atoms with Gasteiger partial charge in [-0.2, -0.15) is 9.29 Å². The van der Waals surface area contributed by atoms with Crippen LogP contribution in [-0.2, 0) is 16.6 Å². The van der Waals surface area contributed by atoms with Crippen LogP contribution in [0.1, 0.15) is 17.3 Å². The Kier molecular flexibility index (Phi) is 4.89. The van der Waals surface area contributed by atoms with Gasteiger partial charge in [-0.05, 0) is 48.9 Å². The van der Waals surface area contributed by atoms with E-state index in [-0.39, 0.29) is 17.3 Å². The summed E-state index contributed by atoms with van der Waals surface area (Å²) in [5, 5.41) is 5.83. The van der Waals surface area contributed by atoms with Crippen molar-refractivity contribution in [3.05, 3.63) is 71.9 Å². The molecular formula is C21H20N4O3S. The molecule has 0 aliphatic carbocycles. The summed E-state index contributed by atoms with van der Waals surface area (Å²) in [5.41, 5.74) is 2.48. The van der Waals surface area contributed by atoms with Gasteiger partial charge >= 0.3 is 0 Å². The van der Waals surface area contributed by atoms with Crippen molar-refractivity contribution in [1.29, 1.82) is 0 Å². The van der Waals surface area contributed by atoms with Crippen LogP contribution in [-0.4, -0.2) is 34.9 Å². The van der Waals surface area contributed by atoms with Gasteiger partial charge in [0, 0.05) is 24.0 Å². The maximum Gasteiger partial charge on any atom is 0.243 e. The molecule has 0 saturated heterocycles. The second kappa shape index (κ2) is 7.38. The Morgan fingerprint density at radius 3 is 2.34 bits per heavy atom. The van der Waals surface area contributed by atoms with Gasteiger partial charge in [0.25, 0.3) is 0 Å². The molecule has 0 saturated carbocycles. The normalized spacial score (nSPS) is 12.0. The van der Waals surface area contributed by atoms with Gasteiger partial charge in [0.05, 0.1) is 11.4 Å². The lowest BCUT2D eigenvalue weighted by Gasteiger charge is -2.15. The molecule has 2 aromatic heterocycles. The Hall–Kier alpha value is -3.10. The fourth-order valence-corrected chi connectivity index (χ4v) is 4.34. The van der Waals surface area contributed by atoms with Crippen LogP contribution in [0.2, 0.25) is 0 Å². The maximum absolute atomic E-state index is 13.0. The molecule has 0 fully saturated rings. The summed E-state index contributed by atoms with van der Waals surface area (Å²) in [6, 6.07) is 16.4. The highest BCUT2D eigenvalue weighted by Gasteiger charge is 2.23. The summed E-state index contributed by atoms with van der Waals surface area (Å²) in [6.07, 6.45) is 0. The van der Waals surface area contributed by atoms with Gasteiger partial charge in [-0.25, -0.2) is 8.42 Å². The topological polar surface area (TPSA) is 89.2 Å². The second-order valence-corrected chi connectivity index (χ2v) is 8.97. The molecule has 4 aromatic rings. The van der Waals surface area contributed by atoms with Gasteiger partial charge in [-0.15, -0.1) is 0 Å². The van der Waals surface area contributed by atoms with Crippen LogP contribution in [0.3, 0.4) is 0 Å². The minimum absolute atomic E-state index is 0.0226. The van der Waals surface area contributed by atoms with Crippen molar-refractivity contribution >= 4 is 20.8 Å².